The summed E-state index contributed by atoms with van der Waals surface area (Å²) in [6.45, 7) is 3.53. The molecule has 0 spiro atoms. The first-order valence-electron chi connectivity index (χ1n) is 8.82. The number of rotatable bonds is 7. The van der Waals surface area contributed by atoms with Gasteiger partial charge in [0.25, 0.3) is 0 Å². The van der Waals surface area contributed by atoms with Crippen molar-refractivity contribution in [3.63, 3.8) is 0 Å². The normalized spacial score (nSPS) is 17.4. The minimum atomic E-state index is -0.474. The maximum Gasteiger partial charge on any atom is 0.137 e. The van der Waals surface area contributed by atoms with Gasteiger partial charge >= 0.3 is 0 Å². The number of hydrogen-bond donors (Lipinski definition) is 1. The van der Waals surface area contributed by atoms with Gasteiger partial charge in [-0.3, -0.25) is 4.90 Å². The molecule has 1 fully saturated rings. The second-order valence-corrected chi connectivity index (χ2v) is 6.54. The summed E-state index contributed by atoms with van der Waals surface area (Å²) < 4.78 is 12.8. The molecular weight excluding hydrogens is 318 g/mol. The van der Waals surface area contributed by atoms with Crippen molar-refractivity contribution in [3.8, 4) is 11.5 Å². The van der Waals surface area contributed by atoms with E-state index in [0.29, 0.717) is 6.61 Å². The molecule has 0 bridgehead atoms. The zero-order chi connectivity index (χ0) is 17.6. The molecule has 1 aliphatic heterocycles. The maximum atomic E-state index is 10.5. The Hall–Kier alpha value is -2.05. The average molecular weight is 345 g/mol. The summed E-state index contributed by atoms with van der Waals surface area (Å²) in [6.07, 6.45) is 5.11. The fraction of sp³-hybridized carbons (Fsp3) is 0.526. The predicted octanol–water partition coefficient (Wildman–Crippen LogP) is 2.25. The second kappa shape index (κ2) is 8.36. The number of ether oxygens (including phenoxy) is 2. The third-order valence-electron chi connectivity index (χ3n) is 4.94. The summed E-state index contributed by atoms with van der Waals surface area (Å²) in [4.78, 5) is 6.67. The van der Waals surface area contributed by atoms with Crippen LogP contribution < -0.4 is 9.47 Å². The maximum absolute atomic E-state index is 10.5. The topological polar surface area (TPSA) is 59.8 Å². The van der Waals surface area contributed by atoms with Crippen LogP contribution in [0.4, 0.5) is 0 Å². The van der Waals surface area contributed by atoms with E-state index in [1.54, 1.807) is 13.3 Å². The minimum absolute atomic E-state index is 0.278. The summed E-state index contributed by atoms with van der Waals surface area (Å²) in [5, 5.41) is 10.5. The van der Waals surface area contributed by atoms with E-state index in [0.717, 1.165) is 49.8 Å². The minimum Gasteiger partial charge on any atom is -0.497 e. The van der Waals surface area contributed by atoms with E-state index in [-0.39, 0.29) is 5.92 Å². The van der Waals surface area contributed by atoms with Crippen LogP contribution in [0.25, 0.3) is 0 Å². The van der Waals surface area contributed by atoms with E-state index in [2.05, 4.69) is 9.88 Å². The number of nitrogens with zero attached hydrogens (tertiary/aromatic N) is 3. The summed E-state index contributed by atoms with van der Waals surface area (Å²) in [5.74, 6) is 2.74. The molecule has 1 saturated heterocycles. The van der Waals surface area contributed by atoms with Crippen LogP contribution in [-0.2, 0) is 7.05 Å². The Morgan fingerprint density at radius 1 is 1.20 bits per heavy atom. The molecule has 25 heavy (non-hydrogen) atoms. The second-order valence-electron chi connectivity index (χ2n) is 6.54. The molecular formula is C19H27N3O3. The highest BCUT2D eigenvalue weighted by Crippen LogP contribution is 2.29. The molecule has 1 aromatic heterocycles. The van der Waals surface area contributed by atoms with Crippen molar-refractivity contribution in [2.24, 2.45) is 13.0 Å². The van der Waals surface area contributed by atoms with Gasteiger partial charge in [-0.1, -0.05) is 0 Å². The standard InChI is InChI=1S/C19H27N3O3/c1-21-12-9-20-19(21)18(23)15-7-10-22(11-8-15)13-14-25-17-5-3-16(24-2)4-6-17/h3-6,9,12,15,18,23H,7-8,10-11,13-14H2,1-2H3/t18-/m1/s1. The number of aryl methyl sites for hydroxylation is 1. The molecule has 6 nitrogen and oxygen atoms in total. The van der Waals surface area contributed by atoms with Gasteiger partial charge in [-0.15, -0.1) is 0 Å². The average Bonchev–Trinajstić information content (AvgIpc) is 3.08. The van der Waals surface area contributed by atoms with Gasteiger partial charge in [0.05, 0.1) is 7.11 Å². The lowest BCUT2D eigenvalue weighted by Crippen LogP contribution is -2.38. The van der Waals surface area contributed by atoms with Gasteiger partial charge < -0.3 is 19.1 Å². The van der Waals surface area contributed by atoms with Crippen molar-refractivity contribution in [3.05, 3.63) is 42.5 Å². The summed E-state index contributed by atoms with van der Waals surface area (Å²) in [6, 6.07) is 7.65. The van der Waals surface area contributed by atoms with Crippen LogP contribution in [0, 0.1) is 5.92 Å². The lowest BCUT2D eigenvalue weighted by atomic mass is 9.91. The molecule has 1 aliphatic rings. The van der Waals surface area contributed by atoms with Crippen LogP contribution in [0.3, 0.4) is 0 Å². The van der Waals surface area contributed by atoms with Crippen LogP contribution in [-0.4, -0.2) is 52.9 Å². The summed E-state index contributed by atoms with van der Waals surface area (Å²) >= 11 is 0. The molecule has 2 heterocycles. The number of methoxy groups -OCH3 is 1. The molecule has 1 atom stereocenters. The van der Waals surface area contributed by atoms with Crippen LogP contribution in [0.15, 0.2) is 36.7 Å². The molecule has 0 aliphatic carbocycles. The third kappa shape index (κ3) is 4.52. The summed E-state index contributed by atoms with van der Waals surface area (Å²) in [7, 11) is 3.58. The van der Waals surface area contributed by atoms with Crippen molar-refractivity contribution >= 4 is 0 Å². The Labute approximate surface area is 149 Å². The Morgan fingerprint density at radius 2 is 1.88 bits per heavy atom. The molecule has 2 aromatic rings. The van der Waals surface area contributed by atoms with Crippen molar-refractivity contribution in [2.75, 3.05) is 33.4 Å². The lowest BCUT2D eigenvalue weighted by Gasteiger charge is -2.33. The number of aliphatic hydroxyl groups excluding tert-OH is 1. The van der Waals surface area contributed by atoms with E-state index in [9.17, 15) is 5.11 Å². The smallest absolute Gasteiger partial charge is 0.137 e. The molecule has 6 heteroatoms. The van der Waals surface area contributed by atoms with Gasteiger partial charge in [0.15, 0.2) is 0 Å². The van der Waals surface area contributed by atoms with Crippen LogP contribution >= 0.6 is 0 Å². The number of aromatic nitrogens is 2. The quantitative estimate of drug-likeness (QED) is 0.834. The van der Waals surface area contributed by atoms with Gasteiger partial charge in [0, 0.05) is 26.0 Å². The van der Waals surface area contributed by atoms with Crippen LogP contribution in [0.2, 0.25) is 0 Å². The number of imidazole rings is 1. The fourth-order valence-corrected chi connectivity index (χ4v) is 3.33. The zero-order valence-electron chi connectivity index (χ0n) is 15.0. The van der Waals surface area contributed by atoms with E-state index >= 15 is 0 Å². The lowest BCUT2D eigenvalue weighted by molar-refractivity contribution is 0.0478. The number of likely N-dealkylation sites (tertiary alicyclic amines) is 1. The molecule has 0 unspecified atom stereocenters. The van der Waals surface area contributed by atoms with E-state index in [1.165, 1.54) is 0 Å². The highest BCUT2D eigenvalue weighted by molar-refractivity contribution is 5.31. The van der Waals surface area contributed by atoms with E-state index in [1.807, 2.05) is 42.1 Å². The Bertz CT molecular complexity index is 648. The van der Waals surface area contributed by atoms with Gasteiger partial charge in [0.2, 0.25) is 0 Å². The van der Waals surface area contributed by atoms with Crippen molar-refractivity contribution in [2.45, 2.75) is 18.9 Å². The SMILES string of the molecule is COc1ccc(OCCN2CCC([C@@H](O)c3nccn3C)CC2)cc1. The molecule has 0 radical (unpaired) electrons. The Morgan fingerprint density at radius 3 is 2.48 bits per heavy atom. The fourth-order valence-electron chi connectivity index (χ4n) is 3.33. The predicted molar refractivity (Wildman–Crippen MR) is 95.8 cm³/mol. The number of benzene rings is 1. The van der Waals surface area contributed by atoms with Crippen LogP contribution in [0.1, 0.15) is 24.8 Å². The number of hydrogen-bond acceptors (Lipinski definition) is 5. The van der Waals surface area contributed by atoms with Gasteiger partial charge in [0.1, 0.15) is 30.0 Å². The monoisotopic (exact) mass is 345 g/mol. The van der Waals surface area contributed by atoms with Gasteiger partial charge in [-0.25, -0.2) is 4.98 Å². The molecule has 1 N–H and O–H groups in total. The number of piperidine rings is 1. The van der Waals surface area contributed by atoms with Gasteiger partial charge in [-0.2, -0.15) is 0 Å². The summed E-state index contributed by atoms with van der Waals surface area (Å²) in [5.41, 5.74) is 0. The Kier molecular flexibility index (Phi) is 5.94. The van der Waals surface area contributed by atoms with E-state index in [4.69, 9.17) is 9.47 Å². The molecule has 1 aromatic carbocycles. The first-order chi connectivity index (χ1) is 12.2. The van der Waals surface area contributed by atoms with Crippen molar-refractivity contribution in [1.82, 2.24) is 14.5 Å². The van der Waals surface area contributed by atoms with E-state index < -0.39 is 6.10 Å². The largest absolute Gasteiger partial charge is 0.497 e. The molecule has 3 rings (SSSR count). The van der Waals surface area contributed by atoms with Crippen molar-refractivity contribution < 1.29 is 14.6 Å². The van der Waals surface area contributed by atoms with Crippen molar-refractivity contribution in [1.29, 1.82) is 0 Å². The first kappa shape index (κ1) is 17.8. The van der Waals surface area contributed by atoms with Crippen LogP contribution in [0.5, 0.6) is 11.5 Å². The molecule has 136 valence electrons. The first-order valence-corrected chi connectivity index (χ1v) is 8.82. The highest BCUT2D eigenvalue weighted by atomic mass is 16.5. The highest BCUT2D eigenvalue weighted by Gasteiger charge is 2.28. The number of aliphatic hydroxyl groups is 1. The Balaban J connectivity index is 1.39. The molecule has 0 saturated carbocycles. The zero-order valence-corrected chi connectivity index (χ0v) is 15.0. The molecule has 0 amide bonds. The van der Waals surface area contributed by atoms with Gasteiger partial charge in [-0.05, 0) is 56.1 Å². The third-order valence-corrected chi connectivity index (χ3v) is 4.94.